The highest BCUT2D eigenvalue weighted by atomic mass is 16.5. The molecule has 0 unspecified atom stereocenters. The summed E-state index contributed by atoms with van der Waals surface area (Å²) in [7, 11) is 0. The Hall–Kier alpha value is -0.160. The van der Waals surface area contributed by atoms with Gasteiger partial charge >= 0.3 is 0 Å². The number of hydrogen-bond donors (Lipinski definition) is 4. The minimum Gasteiger partial charge on any atom is -0.394 e. The van der Waals surface area contributed by atoms with Gasteiger partial charge in [0.15, 0.2) is 5.79 Å². The third-order valence-electron chi connectivity index (χ3n) is 0.770. The Kier molecular flexibility index (Phi) is 8.70. The van der Waals surface area contributed by atoms with Crippen LogP contribution in [0.4, 0.5) is 0 Å². The molecular weight excluding hydrogens is 136 g/mol. The van der Waals surface area contributed by atoms with E-state index in [4.69, 9.17) is 20.4 Å². The van der Waals surface area contributed by atoms with E-state index in [1.807, 2.05) is 0 Å². The van der Waals surface area contributed by atoms with Crippen molar-refractivity contribution in [1.82, 2.24) is 0 Å². The number of hydrogen-bond acceptors (Lipinski definition) is 4. The van der Waals surface area contributed by atoms with E-state index in [0.717, 1.165) is 0 Å². The lowest BCUT2D eigenvalue weighted by molar-refractivity contribution is -0.145. The summed E-state index contributed by atoms with van der Waals surface area (Å²) in [6.07, 6.45) is 0.382. The highest BCUT2D eigenvalue weighted by Crippen LogP contribution is 1.99. The van der Waals surface area contributed by atoms with Crippen LogP contribution in [0.2, 0.25) is 0 Å². The van der Waals surface area contributed by atoms with Crippen molar-refractivity contribution in [2.45, 2.75) is 26.1 Å². The Bertz CT molecular complexity index is 55.3. The van der Waals surface area contributed by atoms with Crippen LogP contribution in [0, 0.1) is 0 Å². The molecule has 4 nitrogen and oxygen atoms in total. The van der Waals surface area contributed by atoms with Gasteiger partial charge in [0.2, 0.25) is 0 Å². The molecule has 0 bridgehead atoms. The fraction of sp³-hybridized carbons (Fsp3) is 1.00. The van der Waals surface area contributed by atoms with Gasteiger partial charge in [-0.15, -0.1) is 0 Å². The van der Waals surface area contributed by atoms with Gasteiger partial charge in [-0.3, -0.25) is 0 Å². The lowest BCUT2D eigenvalue weighted by atomic mass is 10.3. The topological polar surface area (TPSA) is 80.9 Å². The molecule has 0 heterocycles. The van der Waals surface area contributed by atoms with E-state index in [-0.39, 0.29) is 13.2 Å². The minimum absolute atomic E-state index is 0.125. The summed E-state index contributed by atoms with van der Waals surface area (Å²) >= 11 is 0. The second-order valence-electron chi connectivity index (χ2n) is 2.02. The molecule has 0 amide bonds. The molecule has 0 fully saturated rings. The second kappa shape index (κ2) is 6.95. The lowest BCUT2D eigenvalue weighted by Gasteiger charge is -2.10. The van der Waals surface area contributed by atoms with Crippen molar-refractivity contribution in [3.8, 4) is 0 Å². The molecule has 0 aliphatic heterocycles. The van der Waals surface area contributed by atoms with Crippen LogP contribution in [0.15, 0.2) is 0 Å². The third kappa shape index (κ3) is 24.9. The van der Waals surface area contributed by atoms with Gasteiger partial charge in [-0.2, -0.15) is 0 Å². The van der Waals surface area contributed by atoms with E-state index >= 15 is 0 Å². The fourth-order valence-corrected chi connectivity index (χ4v) is 0. The predicted octanol–water partition coefficient (Wildman–Crippen LogP) is -0.932. The maximum absolute atomic E-state index is 8.38. The Balaban J connectivity index is 0. The Morgan fingerprint density at radius 1 is 1.10 bits per heavy atom. The van der Waals surface area contributed by atoms with Crippen molar-refractivity contribution >= 4 is 0 Å². The molecule has 0 saturated carbocycles. The Morgan fingerprint density at radius 3 is 1.30 bits per heavy atom. The monoisotopic (exact) mass is 152 g/mol. The molecule has 0 radical (unpaired) electrons. The quantitative estimate of drug-likeness (QED) is 0.385. The number of aliphatic hydroxyl groups is 4. The first-order valence-corrected chi connectivity index (χ1v) is 3.14. The first kappa shape index (κ1) is 12.5. The van der Waals surface area contributed by atoms with Crippen LogP contribution in [0.1, 0.15) is 20.3 Å². The molecule has 64 valence electrons. The first-order valence-electron chi connectivity index (χ1n) is 3.14. The second-order valence-corrected chi connectivity index (χ2v) is 2.02. The highest BCUT2D eigenvalue weighted by molar-refractivity contribution is 4.47. The predicted molar refractivity (Wildman–Crippen MR) is 37.3 cm³/mol. The molecule has 0 spiro atoms. The molecule has 4 N–H and O–H groups in total. The van der Waals surface area contributed by atoms with E-state index < -0.39 is 5.79 Å². The van der Waals surface area contributed by atoms with Crippen LogP contribution in [-0.4, -0.2) is 39.4 Å². The van der Waals surface area contributed by atoms with Crippen molar-refractivity contribution in [3.05, 3.63) is 0 Å². The average Bonchev–Trinajstić information content (AvgIpc) is 1.87. The zero-order chi connectivity index (χ0) is 8.62. The standard InChI is InChI=1S/C4H10O2.C2H6O2/c1-3-4(2,5)6;3-1-2-4/h5-6H,3H2,1-2H3;3-4H,1-2H2. The van der Waals surface area contributed by atoms with Crippen molar-refractivity contribution in [2.75, 3.05) is 13.2 Å². The van der Waals surface area contributed by atoms with Crippen molar-refractivity contribution in [2.24, 2.45) is 0 Å². The fourth-order valence-electron chi connectivity index (χ4n) is 0. The van der Waals surface area contributed by atoms with Crippen LogP contribution in [-0.2, 0) is 0 Å². The van der Waals surface area contributed by atoms with Gasteiger partial charge in [0.1, 0.15) is 0 Å². The van der Waals surface area contributed by atoms with Gasteiger partial charge in [-0.1, -0.05) is 6.92 Å². The molecule has 0 aromatic heterocycles. The van der Waals surface area contributed by atoms with Crippen LogP contribution < -0.4 is 0 Å². The van der Waals surface area contributed by atoms with E-state index in [2.05, 4.69) is 0 Å². The molecular formula is C6H16O4. The lowest BCUT2D eigenvalue weighted by Crippen LogP contribution is -2.20. The largest absolute Gasteiger partial charge is 0.394 e. The van der Waals surface area contributed by atoms with Crippen LogP contribution >= 0.6 is 0 Å². The summed E-state index contributed by atoms with van der Waals surface area (Å²) in [6.45, 7) is 2.81. The molecule has 10 heavy (non-hydrogen) atoms. The number of aliphatic hydroxyl groups excluding tert-OH is 2. The Morgan fingerprint density at radius 2 is 1.30 bits per heavy atom. The minimum atomic E-state index is -1.46. The SMILES string of the molecule is CCC(C)(O)O.OCCO. The maximum atomic E-state index is 8.38. The normalized spacial score (nSPS) is 10.2. The van der Waals surface area contributed by atoms with Crippen molar-refractivity contribution in [3.63, 3.8) is 0 Å². The molecule has 0 rings (SSSR count). The van der Waals surface area contributed by atoms with Gasteiger partial charge in [-0.25, -0.2) is 0 Å². The number of rotatable bonds is 2. The van der Waals surface area contributed by atoms with Gasteiger partial charge in [0.05, 0.1) is 13.2 Å². The average molecular weight is 152 g/mol. The summed E-state index contributed by atoms with van der Waals surface area (Å²) in [4.78, 5) is 0. The van der Waals surface area contributed by atoms with E-state index in [9.17, 15) is 0 Å². The van der Waals surface area contributed by atoms with Crippen LogP contribution in [0.5, 0.6) is 0 Å². The summed E-state index contributed by atoms with van der Waals surface area (Å²) in [5.74, 6) is -1.46. The first-order chi connectivity index (χ1) is 4.47. The summed E-state index contributed by atoms with van der Waals surface area (Å²) < 4.78 is 0. The molecule has 0 aromatic carbocycles. The van der Waals surface area contributed by atoms with Crippen LogP contribution in [0.25, 0.3) is 0 Å². The molecule has 4 heteroatoms. The summed E-state index contributed by atoms with van der Waals surface area (Å²) in [5, 5.41) is 32.0. The summed E-state index contributed by atoms with van der Waals surface area (Å²) in [5.41, 5.74) is 0. The van der Waals surface area contributed by atoms with Crippen LogP contribution in [0.3, 0.4) is 0 Å². The van der Waals surface area contributed by atoms with Crippen molar-refractivity contribution in [1.29, 1.82) is 0 Å². The zero-order valence-electron chi connectivity index (χ0n) is 6.41. The molecule has 0 aliphatic carbocycles. The van der Waals surface area contributed by atoms with Gasteiger partial charge in [0.25, 0.3) is 0 Å². The maximum Gasteiger partial charge on any atom is 0.159 e. The molecule has 0 aliphatic rings. The van der Waals surface area contributed by atoms with Gasteiger partial charge in [0, 0.05) is 0 Å². The highest BCUT2D eigenvalue weighted by Gasteiger charge is 2.08. The zero-order valence-corrected chi connectivity index (χ0v) is 6.41. The summed E-state index contributed by atoms with van der Waals surface area (Å²) in [6, 6.07) is 0. The van der Waals surface area contributed by atoms with Crippen molar-refractivity contribution < 1.29 is 20.4 Å². The van der Waals surface area contributed by atoms with Gasteiger partial charge in [-0.05, 0) is 13.3 Å². The van der Waals surface area contributed by atoms with E-state index in [1.54, 1.807) is 6.92 Å². The smallest absolute Gasteiger partial charge is 0.159 e. The van der Waals surface area contributed by atoms with E-state index in [0.29, 0.717) is 6.42 Å². The van der Waals surface area contributed by atoms with E-state index in [1.165, 1.54) is 6.92 Å². The van der Waals surface area contributed by atoms with Gasteiger partial charge < -0.3 is 20.4 Å². The molecule has 0 aromatic rings. The molecule has 0 saturated heterocycles. The molecule has 0 atom stereocenters. The third-order valence-corrected chi connectivity index (χ3v) is 0.770. The Labute approximate surface area is 60.7 Å².